The van der Waals surface area contributed by atoms with Gasteiger partial charge < -0.3 is 15.8 Å². The van der Waals surface area contributed by atoms with E-state index in [4.69, 9.17) is 22.5 Å². The summed E-state index contributed by atoms with van der Waals surface area (Å²) in [5.41, 5.74) is 7.24. The summed E-state index contributed by atoms with van der Waals surface area (Å²) in [5.74, 6) is 0.870. The van der Waals surface area contributed by atoms with E-state index in [2.05, 4.69) is 17.0 Å². The molecular formula is C14H20ClN3O. The van der Waals surface area contributed by atoms with Crippen LogP contribution in [0.1, 0.15) is 31.7 Å². The largest absolute Gasteiger partial charge is 0.409 e. The number of hydrogen-bond donors (Lipinski definition) is 2. The van der Waals surface area contributed by atoms with E-state index in [0.29, 0.717) is 10.6 Å². The van der Waals surface area contributed by atoms with Crippen LogP contribution in [0, 0.1) is 5.92 Å². The van der Waals surface area contributed by atoms with E-state index in [1.165, 1.54) is 12.8 Å². The molecule has 0 amide bonds. The number of anilines is 1. The molecule has 0 saturated heterocycles. The summed E-state index contributed by atoms with van der Waals surface area (Å²) in [4.78, 5) is 2.36. The zero-order chi connectivity index (χ0) is 13.8. The zero-order valence-corrected chi connectivity index (χ0v) is 11.9. The smallest absolute Gasteiger partial charge is 0.171 e. The number of amidine groups is 1. The van der Waals surface area contributed by atoms with Crippen LogP contribution >= 0.6 is 11.6 Å². The van der Waals surface area contributed by atoms with Gasteiger partial charge in [-0.2, -0.15) is 0 Å². The molecule has 0 spiro atoms. The Bertz CT molecular complexity index is 472. The lowest BCUT2D eigenvalue weighted by molar-refractivity contribution is 0.318. The first kappa shape index (κ1) is 14.0. The number of hydrogen-bond acceptors (Lipinski definition) is 3. The molecule has 3 N–H and O–H groups in total. The third-order valence-corrected chi connectivity index (χ3v) is 3.68. The van der Waals surface area contributed by atoms with Crippen LogP contribution in [-0.4, -0.2) is 24.1 Å². The molecule has 0 radical (unpaired) electrons. The fourth-order valence-electron chi connectivity index (χ4n) is 2.17. The van der Waals surface area contributed by atoms with Crippen molar-refractivity contribution in [2.45, 2.75) is 26.2 Å². The summed E-state index contributed by atoms with van der Waals surface area (Å²) in [6, 6.07) is 5.69. The molecule has 0 atom stereocenters. The summed E-state index contributed by atoms with van der Waals surface area (Å²) < 4.78 is 0. The average Bonchev–Trinajstić information content (AvgIpc) is 3.21. The number of oxime groups is 1. The highest BCUT2D eigenvalue weighted by atomic mass is 35.5. The number of halogens is 1. The SMILES string of the molecule is CCCN(CC1CC1)c1ccc(C(N)=NO)c(Cl)c1. The molecule has 1 fully saturated rings. The molecule has 1 aromatic rings. The predicted octanol–water partition coefficient (Wildman–Crippen LogP) is 3.06. The van der Waals surface area contributed by atoms with Gasteiger partial charge in [0.25, 0.3) is 0 Å². The third-order valence-electron chi connectivity index (χ3n) is 3.37. The van der Waals surface area contributed by atoms with Gasteiger partial charge in [0.05, 0.1) is 5.02 Å². The molecule has 104 valence electrons. The van der Waals surface area contributed by atoms with Gasteiger partial charge in [0.2, 0.25) is 0 Å². The van der Waals surface area contributed by atoms with Crippen molar-refractivity contribution in [3.63, 3.8) is 0 Å². The van der Waals surface area contributed by atoms with E-state index in [0.717, 1.165) is 31.1 Å². The molecule has 1 aliphatic carbocycles. The molecular weight excluding hydrogens is 262 g/mol. The van der Waals surface area contributed by atoms with Crippen LogP contribution in [-0.2, 0) is 0 Å². The van der Waals surface area contributed by atoms with E-state index in [1.54, 1.807) is 0 Å². The summed E-state index contributed by atoms with van der Waals surface area (Å²) in [6.07, 6.45) is 3.76. The van der Waals surface area contributed by atoms with Crippen LogP contribution in [0.3, 0.4) is 0 Å². The van der Waals surface area contributed by atoms with Crippen LogP contribution in [0.25, 0.3) is 0 Å². The van der Waals surface area contributed by atoms with Crippen molar-refractivity contribution >= 4 is 23.1 Å². The van der Waals surface area contributed by atoms with E-state index in [-0.39, 0.29) is 5.84 Å². The Morgan fingerprint density at radius 3 is 2.79 bits per heavy atom. The van der Waals surface area contributed by atoms with Crippen molar-refractivity contribution < 1.29 is 5.21 Å². The Morgan fingerprint density at radius 2 is 2.26 bits per heavy atom. The van der Waals surface area contributed by atoms with Crippen LogP contribution < -0.4 is 10.6 Å². The van der Waals surface area contributed by atoms with Gasteiger partial charge in [0, 0.05) is 24.3 Å². The van der Waals surface area contributed by atoms with Crippen molar-refractivity contribution in [2.24, 2.45) is 16.8 Å². The van der Waals surface area contributed by atoms with Crippen LogP contribution in [0.2, 0.25) is 5.02 Å². The van der Waals surface area contributed by atoms with Gasteiger partial charge in [-0.1, -0.05) is 23.7 Å². The minimum atomic E-state index is 0.0424. The highest BCUT2D eigenvalue weighted by Crippen LogP contribution is 2.32. The van der Waals surface area contributed by atoms with E-state index in [9.17, 15) is 0 Å². The molecule has 0 bridgehead atoms. The fraction of sp³-hybridized carbons (Fsp3) is 0.500. The Labute approximate surface area is 118 Å². The van der Waals surface area contributed by atoms with E-state index in [1.807, 2.05) is 18.2 Å². The average molecular weight is 282 g/mol. The molecule has 1 aliphatic rings. The molecule has 0 unspecified atom stereocenters. The van der Waals surface area contributed by atoms with Crippen LogP contribution in [0.5, 0.6) is 0 Å². The molecule has 0 aliphatic heterocycles. The lowest BCUT2D eigenvalue weighted by Gasteiger charge is -2.25. The Balaban J connectivity index is 2.20. The number of nitrogens with zero attached hydrogens (tertiary/aromatic N) is 2. The standard InChI is InChI=1S/C14H20ClN3O/c1-2-7-18(9-10-3-4-10)11-5-6-12(13(15)8-11)14(16)17-19/h5-6,8,10,19H,2-4,7,9H2,1H3,(H2,16,17). The Morgan fingerprint density at radius 1 is 1.53 bits per heavy atom. The normalized spacial score (nSPS) is 15.6. The maximum absolute atomic E-state index is 8.70. The van der Waals surface area contributed by atoms with Crippen molar-refractivity contribution in [3.05, 3.63) is 28.8 Å². The zero-order valence-electron chi connectivity index (χ0n) is 11.1. The molecule has 0 aromatic heterocycles. The van der Waals surface area contributed by atoms with Gasteiger partial charge in [-0.25, -0.2) is 0 Å². The summed E-state index contributed by atoms with van der Waals surface area (Å²) in [5, 5.41) is 12.2. The van der Waals surface area contributed by atoms with Crippen molar-refractivity contribution in [2.75, 3.05) is 18.0 Å². The second kappa shape index (κ2) is 6.15. The maximum atomic E-state index is 8.70. The summed E-state index contributed by atoms with van der Waals surface area (Å²) in [6.45, 7) is 4.29. The highest BCUT2D eigenvalue weighted by Gasteiger charge is 2.24. The van der Waals surface area contributed by atoms with E-state index >= 15 is 0 Å². The third kappa shape index (κ3) is 3.53. The first-order valence-electron chi connectivity index (χ1n) is 6.68. The van der Waals surface area contributed by atoms with Gasteiger partial charge >= 0.3 is 0 Å². The molecule has 4 nitrogen and oxygen atoms in total. The first-order valence-corrected chi connectivity index (χ1v) is 7.06. The Hall–Kier alpha value is -1.42. The molecule has 19 heavy (non-hydrogen) atoms. The van der Waals surface area contributed by atoms with Crippen molar-refractivity contribution in [1.82, 2.24) is 0 Å². The molecule has 2 rings (SSSR count). The lowest BCUT2D eigenvalue weighted by atomic mass is 10.1. The summed E-state index contributed by atoms with van der Waals surface area (Å²) in [7, 11) is 0. The summed E-state index contributed by atoms with van der Waals surface area (Å²) >= 11 is 6.20. The van der Waals surface area contributed by atoms with Gasteiger partial charge in [0.15, 0.2) is 5.84 Å². The minimum absolute atomic E-state index is 0.0424. The molecule has 1 aromatic carbocycles. The van der Waals surface area contributed by atoms with Gasteiger partial charge in [-0.3, -0.25) is 0 Å². The second-order valence-electron chi connectivity index (χ2n) is 5.04. The monoisotopic (exact) mass is 281 g/mol. The lowest BCUT2D eigenvalue weighted by Crippen LogP contribution is -2.26. The van der Waals surface area contributed by atoms with Crippen LogP contribution in [0.4, 0.5) is 5.69 Å². The van der Waals surface area contributed by atoms with Crippen molar-refractivity contribution in [1.29, 1.82) is 0 Å². The maximum Gasteiger partial charge on any atom is 0.171 e. The van der Waals surface area contributed by atoms with E-state index < -0.39 is 0 Å². The minimum Gasteiger partial charge on any atom is -0.409 e. The fourth-order valence-corrected chi connectivity index (χ4v) is 2.44. The highest BCUT2D eigenvalue weighted by molar-refractivity contribution is 6.34. The van der Waals surface area contributed by atoms with Gasteiger partial charge in [0.1, 0.15) is 0 Å². The quantitative estimate of drug-likeness (QED) is 0.365. The topological polar surface area (TPSA) is 61.8 Å². The van der Waals surface area contributed by atoms with Gasteiger partial charge in [-0.05, 0) is 43.4 Å². The first-order chi connectivity index (χ1) is 9.15. The molecule has 1 saturated carbocycles. The molecule has 5 heteroatoms. The Kier molecular flexibility index (Phi) is 4.53. The number of benzene rings is 1. The number of rotatable bonds is 6. The molecule has 0 heterocycles. The number of nitrogens with two attached hydrogens (primary N) is 1. The van der Waals surface area contributed by atoms with Gasteiger partial charge in [-0.15, -0.1) is 0 Å². The predicted molar refractivity (Wildman–Crippen MR) is 79.2 cm³/mol. The second-order valence-corrected chi connectivity index (χ2v) is 5.45. The van der Waals surface area contributed by atoms with Crippen molar-refractivity contribution in [3.8, 4) is 0 Å². The van der Waals surface area contributed by atoms with Crippen LogP contribution in [0.15, 0.2) is 23.4 Å².